The van der Waals surface area contributed by atoms with Gasteiger partial charge in [0.15, 0.2) is 0 Å². The van der Waals surface area contributed by atoms with E-state index in [9.17, 15) is 0 Å². The summed E-state index contributed by atoms with van der Waals surface area (Å²) in [5.41, 5.74) is 6.13. The van der Waals surface area contributed by atoms with Crippen LogP contribution in [0.2, 0.25) is 0 Å². The molecule has 3 aromatic rings. The maximum Gasteiger partial charge on any atom is 0.00860 e. The van der Waals surface area contributed by atoms with Crippen LogP contribution in [0.25, 0.3) is 0 Å². The number of aryl methyl sites for hydroxylation is 2. The van der Waals surface area contributed by atoms with Gasteiger partial charge in [-0.05, 0) is 38.1 Å². The minimum absolute atomic E-state index is 0.163. The molecular weight excluding hydrogens is 540 g/mol. The van der Waals surface area contributed by atoms with Crippen LogP contribution < -0.4 is 14.5 Å². The molecule has 3 aromatic carbocycles. The van der Waals surface area contributed by atoms with Crippen LogP contribution >= 0.6 is 19.4 Å². The first-order valence-electron chi connectivity index (χ1n) is 10.9. The van der Waals surface area contributed by atoms with Gasteiger partial charge in [0, 0.05) is 24.5 Å². The van der Waals surface area contributed by atoms with Gasteiger partial charge in [0.1, 0.15) is 0 Å². The summed E-state index contributed by atoms with van der Waals surface area (Å²) in [6.45, 7) is 12.5. The van der Waals surface area contributed by atoms with Gasteiger partial charge in [-0.25, -0.2) is 0 Å². The SMILES string of the molecule is CC(C)Oc1ccccc1[CH]=[Ru]([Cl])[Cl].Cc1ccc(N2[CH-]N(c3ccc(C)cc3)CC2)cc1. The number of para-hydroxylation sites is 1. The second-order valence-corrected chi connectivity index (χ2v) is 13.9. The minimum atomic E-state index is -1.77. The monoisotopic (exact) mass is 571 g/mol. The van der Waals surface area contributed by atoms with Crippen LogP contribution in [0.1, 0.15) is 30.5 Å². The van der Waals surface area contributed by atoms with E-state index in [4.69, 9.17) is 24.1 Å². The molecule has 0 saturated carbocycles. The van der Waals surface area contributed by atoms with E-state index in [2.05, 4.69) is 78.8 Å². The van der Waals surface area contributed by atoms with Crippen molar-refractivity contribution in [2.45, 2.75) is 33.8 Å². The topological polar surface area (TPSA) is 15.7 Å². The van der Waals surface area contributed by atoms with E-state index in [-0.39, 0.29) is 6.10 Å². The number of rotatable bonds is 5. The third-order valence-corrected chi connectivity index (χ3v) is 6.89. The third kappa shape index (κ3) is 8.14. The Labute approximate surface area is 211 Å². The van der Waals surface area contributed by atoms with Crippen molar-refractivity contribution in [3.8, 4) is 5.75 Å². The second kappa shape index (κ2) is 12.6. The Balaban J connectivity index is 0.000000196. The van der Waals surface area contributed by atoms with Gasteiger partial charge in [0.05, 0.1) is 0 Å². The van der Waals surface area contributed by atoms with E-state index in [0.717, 1.165) is 24.4 Å². The molecule has 1 aliphatic rings. The fourth-order valence-corrected chi connectivity index (χ4v) is 5.18. The zero-order valence-corrected chi connectivity index (χ0v) is 22.7. The fourth-order valence-electron chi connectivity index (χ4n) is 3.37. The van der Waals surface area contributed by atoms with E-state index >= 15 is 0 Å². The Morgan fingerprint density at radius 3 is 1.76 bits per heavy atom. The number of ether oxygens (including phenoxy) is 1. The van der Waals surface area contributed by atoms with Gasteiger partial charge >= 0.3 is 97.8 Å². The minimum Gasteiger partial charge on any atom is -0.502 e. The summed E-state index contributed by atoms with van der Waals surface area (Å²) < 4.78 is 7.51. The molecule has 1 heterocycles. The molecule has 3 nitrogen and oxygen atoms in total. The van der Waals surface area contributed by atoms with Crippen molar-refractivity contribution in [3.63, 3.8) is 0 Å². The Hall–Kier alpha value is -1.87. The van der Waals surface area contributed by atoms with Gasteiger partial charge in [-0.3, -0.25) is 0 Å². The zero-order valence-electron chi connectivity index (χ0n) is 19.5. The van der Waals surface area contributed by atoms with Gasteiger partial charge in [-0.1, -0.05) is 35.4 Å². The van der Waals surface area contributed by atoms with Crippen LogP contribution in [0.5, 0.6) is 5.75 Å². The summed E-state index contributed by atoms with van der Waals surface area (Å²) in [6, 6.07) is 25.2. The number of benzene rings is 3. The largest absolute Gasteiger partial charge is 0.502 e. The van der Waals surface area contributed by atoms with E-state index < -0.39 is 13.5 Å². The standard InChI is InChI=1S/C17H19N2.C10H12O.2ClH.Ru/c1-14-3-7-16(8-4-14)18-11-12-19(13-18)17-9-5-15(2)6-10-17;1-8(2)11-10-7-5-4-6-9(10)3;;;/h3-10,13H,11-12H2,1-2H3;3-8H,1-2H3;2*1H;/q-1;;;;+2/p-2. The molecule has 1 aliphatic heterocycles. The van der Waals surface area contributed by atoms with Gasteiger partial charge < -0.3 is 9.80 Å². The molecule has 1 saturated heterocycles. The summed E-state index contributed by atoms with van der Waals surface area (Å²) >= 11 is -1.77. The summed E-state index contributed by atoms with van der Waals surface area (Å²) in [4.78, 5) is 4.61. The number of hydrogen-bond acceptors (Lipinski definition) is 3. The van der Waals surface area contributed by atoms with Crippen LogP contribution in [0.4, 0.5) is 11.4 Å². The number of nitrogens with zero attached hydrogens (tertiary/aromatic N) is 2. The summed E-state index contributed by atoms with van der Waals surface area (Å²) in [6.07, 6.45) is 0.163. The van der Waals surface area contributed by atoms with Crippen molar-refractivity contribution in [1.82, 2.24) is 0 Å². The Bertz CT molecular complexity index is 997. The van der Waals surface area contributed by atoms with Gasteiger partial charge in [-0.2, -0.15) is 6.67 Å². The van der Waals surface area contributed by atoms with Crippen LogP contribution in [-0.2, 0) is 13.5 Å². The van der Waals surface area contributed by atoms with Gasteiger partial charge in [-0.15, -0.1) is 0 Å². The quantitative estimate of drug-likeness (QED) is 0.236. The molecule has 0 N–H and O–H groups in total. The fraction of sp³-hybridized carbons (Fsp3) is 0.259. The van der Waals surface area contributed by atoms with Crippen molar-refractivity contribution in [2.75, 3.05) is 22.9 Å². The van der Waals surface area contributed by atoms with Crippen molar-refractivity contribution in [3.05, 3.63) is 96.2 Å². The average molecular weight is 572 g/mol. The predicted octanol–water partition coefficient (Wildman–Crippen LogP) is 7.30. The molecule has 0 unspecified atom stereocenters. The van der Waals surface area contributed by atoms with Gasteiger partial charge in [0.2, 0.25) is 0 Å². The smallest absolute Gasteiger partial charge is 0.00860 e. The number of anilines is 2. The van der Waals surface area contributed by atoms with E-state index in [0.29, 0.717) is 0 Å². The summed E-state index contributed by atoms with van der Waals surface area (Å²) in [5, 5.41) is 0. The van der Waals surface area contributed by atoms with Crippen LogP contribution in [-0.4, -0.2) is 23.8 Å². The van der Waals surface area contributed by atoms with E-state index in [1.54, 1.807) is 0 Å². The molecule has 0 amide bonds. The Morgan fingerprint density at radius 1 is 0.818 bits per heavy atom. The first kappa shape index (κ1) is 25.8. The zero-order chi connectivity index (χ0) is 23.8. The molecule has 33 heavy (non-hydrogen) atoms. The molecule has 178 valence electrons. The number of hydrogen-bond donors (Lipinski definition) is 0. The molecule has 0 aliphatic carbocycles. The van der Waals surface area contributed by atoms with E-state index in [1.165, 1.54) is 22.5 Å². The van der Waals surface area contributed by atoms with Crippen molar-refractivity contribution < 1.29 is 18.3 Å². The summed E-state index contributed by atoms with van der Waals surface area (Å²) in [5.74, 6) is 0.850. The van der Waals surface area contributed by atoms with Crippen molar-refractivity contribution in [1.29, 1.82) is 0 Å². The Morgan fingerprint density at radius 2 is 1.30 bits per heavy atom. The normalized spacial score (nSPS) is 13.5. The van der Waals surface area contributed by atoms with Crippen molar-refractivity contribution in [2.24, 2.45) is 0 Å². The number of halogens is 2. The maximum atomic E-state index is 5.82. The molecule has 0 atom stereocenters. The van der Waals surface area contributed by atoms with E-state index in [1.807, 2.05) is 42.7 Å². The van der Waals surface area contributed by atoms with Crippen LogP contribution in [0, 0.1) is 20.5 Å². The maximum absolute atomic E-state index is 5.82. The first-order valence-corrected chi connectivity index (χ1v) is 16.4. The molecule has 0 bridgehead atoms. The molecule has 4 rings (SSSR count). The van der Waals surface area contributed by atoms with Crippen LogP contribution in [0.3, 0.4) is 0 Å². The predicted molar refractivity (Wildman–Crippen MR) is 140 cm³/mol. The third-order valence-electron chi connectivity index (χ3n) is 5.06. The summed E-state index contributed by atoms with van der Waals surface area (Å²) in [7, 11) is 11.6. The Kier molecular flexibility index (Phi) is 9.80. The molecular formula is C27H31Cl2N2ORu-. The first-order chi connectivity index (χ1) is 15.8. The second-order valence-electron chi connectivity index (χ2n) is 8.18. The molecule has 0 radical (unpaired) electrons. The van der Waals surface area contributed by atoms with Crippen LogP contribution in [0.15, 0.2) is 72.8 Å². The van der Waals surface area contributed by atoms with Gasteiger partial charge in [0.25, 0.3) is 0 Å². The molecule has 0 spiro atoms. The molecule has 0 aromatic heterocycles. The molecule has 6 heteroatoms. The van der Waals surface area contributed by atoms with Crippen molar-refractivity contribution >= 4 is 35.4 Å². The average Bonchev–Trinajstić information content (AvgIpc) is 3.26. The molecule has 1 fully saturated rings.